The average molecular weight is 1100 g/mol. The molecular weight excluding hydrogens is 1010 g/mol. The first-order valence-corrected chi connectivity index (χ1v) is 27.8. The number of ether oxygens (including phenoxy) is 8. The van der Waals surface area contributed by atoms with E-state index in [0.717, 1.165) is 23.9 Å². The van der Waals surface area contributed by atoms with Crippen molar-refractivity contribution in [2.75, 3.05) is 53.3 Å². The predicted octanol–water partition coefficient (Wildman–Crippen LogP) is 4.60. The number of aryl methyl sites for hydroxylation is 1. The number of nitrogens with zero attached hydrogens (tertiary/aromatic N) is 2. The van der Waals surface area contributed by atoms with E-state index < -0.39 is 119 Å². The summed E-state index contributed by atoms with van der Waals surface area (Å²) >= 11 is 0. The molecule has 19 atom stereocenters. The van der Waals surface area contributed by atoms with Gasteiger partial charge >= 0.3 is 17.9 Å². The van der Waals surface area contributed by atoms with Gasteiger partial charge in [-0.15, -0.1) is 0 Å². The molecule has 4 aliphatic rings. The van der Waals surface area contributed by atoms with Crippen LogP contribution in [0.2, 0.25) is 0 Å². The van der Waals surface area contributed by atoms with Gasteiger partial charge in [0, 0.05) is 87.4 Å². The number of carboxylic acids is 1. The van der Waals surface area contributed by atoms with Gasteiger partial charge in [0.15, 0.2) is 18.7 Å². The van der Waals surface area contributed by atoms with Crippen LogP contribution in [0.3, 0.4) is 0 Å². The number of rotatable bonds is 17. The van der Waals surface area contributed by atoms with Crippen molar-refractivity contribution < 1.29 is 77.5 Å². The highest BCUT2D eigenvalue weighted by Gasteiger charge is 2.55. The second-order valence-electron chi connectivity index (χ2n) is 23.5. The van der Waals surface area contributed by atoms with Crippen LogP contribution in [0.25, 0.3) is 10.9 Å². The fourth-order valence-electron chi connectivity index (χ4n) is 12.5. The van der Waals surface area contributed by atoms with E-state index in [1.54, 1.807) is 47.6 Å². The number of ketones is 1. The van der Waals surface area contributed by atoms with Gasteiger partial charge in [-0.1, -0.05) is 27.7 Å². The van der Waals surface area contributed by atoms with Crippen molar-refractivity contribution >= 4 is 40.3 Å². The number of carbonyl (C=O) groups is 4. The molecule has 21 nitrogen and oxygen atoms in total. The molecule has 21 heteroatoms. The predicted molar refractivity (Wildman–Crippen MR) is 289 cm³/mol. The van der Waals surface area contributed by atoms with Crippen molar-refractivity contribution in [3.05, 3.63) is 39.7 Å². The smallest absolute Gasteiger partial charge is 0.341 e. The number of benzene rings is 1. The highest BCUT2D eigenvalue weighted by atomic mass is 16.7. The number of carbonyl (C=O) groups excluding carboxylic acids is 3. The summed E-state index contributed by atoms with van der Waals surface area (Å²) < 4.78 is 53.2. The molecule has 0 saturated carbocycles. The third-order valence-electron chi connectivity index (χ3n) is 17.4. The molecule has 4 aliphatic heterocycles. The molecule has 2 aromatic rings. The Hall–Kier alpha value is -4.13. The number of aliphatic hydroxyl groups excluding tert-OH is 2. The van der Waals surface area contributed by atoms with Crippen molar-refractivity contribution in [3.8, 4) is 0 Å². The quantitative estimate of drug-likeness (QED) is 0.0933. The third kappa shape index (κ3) is 13.4. The molecule has 1 aromatic carbocycles. The Morgan fingerprint density at radius 2 is 1.55 bits per heavy atom. The summed E-state index contributed by atoms with van der Waals surface area (Å²) in [5.74, 6) is -6.62. The van der Waals surface area contributed by atoms with Gasteiger partial charge in [0.25, 0.3) is 0 Å². The molecule has 440 valence electrons. The number of methoxy groups -OCH3 is 2. The van der Waals surface area contributed by atoms with Crippen LogP contribution in [-0.2, 0) is 58.7 Å². The van der Waals surface area contributed by atoms with Crippen LogP contribution >= 0.6 is 0 Å². The normalized spacial score (nSPS) is 38.1. The highest BCUT2D eigenvalue weighted by Crippen LogP contribution is 2.43. The number of anilines is 1. The van der Waals surface area contributed by atoms with Crippen molar-refractivity contribution in [1.82, 2.24) is 14.8 Å². The number of cyclic esters (lactones) is 1. The molecule has 1 aromatic heterocycles. The summed E-state index contributed by atoms with van der Waals surface area (Å²) in [4.78, 5) is 69.4. The maximum absolute atomic E-state index is 14.6. The van der Waals surface area contributed by atoms with Crippen LogP contribution in [0.15, 0.2) is 23.1 Å². The van der Waals surface area contributed by atoms with Gasteiger partial charge in [0.1, 0.15) is 34.8 Å². The lowest BCUT2D eigenvalue weighted by Crippen LogP contribution is -2.61. The number of aromatic nitrogens is 1. The number of likely N-dealkylation sites (N-methyl/N-ethyl adjacent to an activating group) is 1. The number of pyridine rings is 1. The Morgan fingerprint density at radius 1 is 0.885 bits per heavy atom. The monoisotopic (exact) mass is 1100 g/mol. The average Bonchev–Trinajstić information content (AvgIpc) is 3.49. The zero-order valence-electron chi connectivity index (χ0n) is 48.5. The SMILES string of the molecule is CC[C@H]1OC(=O)[C@H](C)[C@@H](O[C@H]2C[C@@](C)(OC)[C@@H](OC(=O)CCNCCNc3cc4c5c(c3)c(=O)c(C(=O)O)cn5C(C)CC4)[C@H](C)O2)[C@H](C)[C@@H](O[C@@H]2O[C@H](C)C[C@H](N(C)C)[C@H]2O)[C@](C)(OC)C[C@@H](C)C(=O)[C@H](C)[C@@H](O)[C@]1(C)O. The molecule has 0 bridgehead atoms. The standard InChI is InChI=1S/C57H90N4O17/c1-16-41-57(11,70)49(66)32(5)45(63)29(2)26-55(9,71-14)50(78-54-47(65)40(60(12)13)23-31(4)73-54)33(6)48(34(7)53(69)75-41)77-43-27-56(10,72-15)51(35(8)74-43)76-42(62)19-20-58-21-22-59-37-24-36-18-17-30(3)61-28-39(52(67)68)46(64)38(25-37)44(36)61/h24-25,28-35,40-41,43,47-51,54,58-59,65-66,70H,16-23,26-27H2,1-15H3,(H,67,68)/t29-,30?,31-,32+,33+,34-,35+,40+,41-,43+,47-,48+,49-,50-,51+,54+,55-,56-,57-/m1/s1. The van der Waals surface area contributed by atoms with Crippen LogP contribution in [0.4, 0.5) is 5.69 Å². The molecule has 0 spiro atoms. The third-order valence-corrected chi connectivity index (χ3v) is 17.4. The Balaban J connectivity index is 1.19. The second-order valence-corrected chi connectivity index (χ2v) is 23.5. The number of hydrogen-bond donors (Lipinski definition) is 6. The van der Waals surface area contributed by atoms with Gasteiger partial charge < -0.3 is 78.4 Å². The van der Waals surface area contributed by atoms with Crippen molar-refractivity contribution in [2.45, 2.75) is 211 Å². The van der Waals surface area contributed by atoms with E-state index in [1.165, 1.54) is 34.3 Å². The van der Waals surface area contributed by atoms with Crippen LogP contribution in [0.1, 0.15) is 137 Å². The van der Waals surface area contributed by atoms with E-state index in [9.17, 15) is 44.4 Å². The van der Waals surface area contributed by atoms with E-state index >= 15 is 0 Å². The molecule has 78 heavy (non-hydrogen) atoms. The molecular formula is C57H90N4O17. The summed E-state index contributed by atoms with van der Waals surface area (Å²) in [7, 11) is 6.72. The first-order valence-electron chi connectivity index (χ1n) is 27.8. The molecule has 3 saturated heterocycles. The van der Waals surface area contributed by atoms with E-state index in [4.69, 9.17) is 37.9 Å². The van der Waals surface area contributed by atoms with Crippen LogP contribution in [-0.4, -0.2) is 186 Å². The van der Waals surface area contributed by atoms with Gasteiger partial charge in [0.2, 0.25) is 5.43 Å². The lowest BCUT2D eigenvalue weighted by molar-refractivity contribution is -0.320. The summed E-state index contributed by atoms with van der Waals surface area (Å²) in [6.45, 7) is 20.2. The number of esters is 2. The second kappa shape index (κ2) is 25.8. The zero-order chi connectivity index (χ0) is 57.9. The Kier molecular flexibility index (Phi) is 20.8. The number of nitrogens with one attached hydrogen (secondary N) is 2. The van der Waals surface area contributed by atoms with Crippen LogP contribution in [0, 0.1) is 23.7 Å². The van der Waals surface area contributed by atoms with Crippen molar-refractivity contribution in [3.63, 3.8) is 0 Å². The largest absolute Gasteiger partial charge is 0.477 e. The minimum absolute atomic E-state index is 0.0108. The van der Waals surface area contributed by atoms with Gasteiger partial charge in [-0.05, 0) is 112 Å². The molecule has 0 radical (unpaired) electrons. The molecule has 0 amide bonds. The van der Waals surface area contributed by atoms with E-state index in [2.05, 4.69) is 10.6 Å². The number of Topliss-reactive ketones (excluding diaryl/α,β-unsaturated/α-hetero) is 1. The van der Waals surface area contributed by atoms with E-state index in [0.29, 0.717) is 30.6 Å². The number of aromatic carboxylic acids is 1. The lowest BCUT2D eigenvalue weighted by Gasteiger charge is -2.50. The first kappa shape index (κ1) is 63.1. The van der Waals surface area contributed by atoms with E-state index in [-0.39, 0.29) is 61.8 Å². The maximum atomic E-state index is 14.6. The molecule has 5 heterocycles. The van der Waals surface area contributed by atoms with Gasteiger partial charge in [-0.25, -0.2) is 4.79 Å². The highest BCUT2D eigenvalue weighted by molar-refractivity contribution is 5.95. The topological polar surface area (TPSA) is 272 Å². The number of hydrogen-bond acceptors (Lipinski definition) is 19. The minimum atomic E-state index is -2.03. The Bertz CT molecular complexity index is 2490. The fourth-order valence-corrected chi connectivity index (χ4v) is 12.5. The van der Waals surface area contributed by atoms with Gasteiger partial charge in [-0.3, -0.25) is 19.2 Å². The number of aliphatic hydroxyl groups is 3. The van der Waals surface area contributed by atoms with Gasteiger partial charge in [-0.2, -0.15) is 0 Å². The molecule has 6 N–H and O–H groups in total. The summed E-state index contributed by atoms with van der Waals surface area (Å²) in [5.41, 5.74) is -2.90. The van der Waals surface area contributed by atoms with E-state index in [1.807, 2.05) is 50.4 Å². The molecule has 6 rings (SSSR count). The maximum Gasteiger partial charge on any atom is 0.341 e. The molecule has 3 fully saturated rings. The van der Waals surface area contributed by atoms with Crippen molar-refractivity contribution in [2.24, 2.45) is 23.7 Å². The Labute approximate surface area is 459 Å². The first-order chi connectivity index (χ1) is 36.5. The van der Waals surface area contributed by atoms with Crippen LogP contribution < -0.4 is 16.1 Å². The zero-order valence-corrected chi connectivity index (χ0v) is 48.5. The van der Waals surface area contributed by atoms with Crippen molar-refractivity contribution in [1.29, 1.82) is 0 Å². The fraction of sp³-hybridized carbons (Fsp3) is 0.772. The Morgan fingerprint density at radius 3 is 2.18 bits per heavy atom. The minimum Gasteiger partial charge on any atom is -0.477 e. The summed E-state index contributed by atoms with van der Waals surface area (Å²) in [6.07, 6.45) is -6.63. The van der Waals surface area contributed by atoms with Crippen LogP contribution in [0.5, 0.6) is 0 Å². The van der Waals surface area contributed by atoms with Gasteiger partial charge in [0.05, 0.1) is 54.0 Å². The molecule has 1 unspecified atom stereocenters. The summed E-state index contributed by atoms with van der Waals surface area (Å²) in [5, 5.41) is 52.0. The lowest BCUT2D eigenvalue weighted by atomic mass is 9.74. The number of carboxylic acid groups (broad SMARTS) is 1. The summed E-state index contributed by atoms with van der Waals surface area (Å²) in [6, 6.07) is 3.40. The molecule has 0 aliphatic carbocycles.